The van der Waals surface area contributed by atoms with Crippen molar-refractivity contribution in [3.05, 3.63) is 94.5 Å². The van der Waals surface area contributed by atoms with Crippen LogP contribution in [0.3, 0.4) is 0 Å². The number of anilines is 1. The summed E-state index contributed by atoms with van der Waals surface area (Å²) >= 11 is 12.4. The molecule has 0 spiro atoms. The number of nitrogens with one attached hydrogen (secondary N) is 1. The van der Waals surface area contributed by atoms with Gasteiger partial charge in [0, 0.05) is 23.6 Å². The highest BCUT2D eigenvalue weighted by Crippen LogP contribution is 2.26. The minimum Gasteiger partial charge on any atom is -0.357 e. The molecule has 0 saturated carbocycles. The highest BCUT2D eigenvalue weighted by Gasteiger charge is 2.33. The van der Waals surface area contributed by atoms with Gasteiger partial charge in [-0.05, 0) is 48.4 Å². The Hall–Kier alpha value is -3.07. The Bertz CT molecular complexity index is 1310. The van der Waals surface area contributed by atoms with Crippen molar-refractivity contribution in [1.29, 1.82) is 0 Å². The topological polar surface area (TPSA) is 86.8 Å². The van der Waals surface area contributed by atoms with E-state index in [0.717, 1.165) is 4.31 Å². The molecule has 2 amide bonds. The summed E-state index contributed by atoms with van der Waals surface area (Å²) in [4.78, 5) is 27.9. The first-order chi connectivity index (χ1) is 17.2. The van der Waals surface area contributed by atoms with Gasteiger partial charge in [-0.2, -0.15) is 0 Å². The first-order valence-corrected chi connectivity index (χ1v) is 13.5. The molecule has 0 bridgehead atoms. The summed E-state index contributed by atoms with van der Waals surface area (Å²) in [6.45, 7) is 1.26. The third-order valence-corrected chi connectivity index (χ3v) is 8.02. The third-order valence-electron chi connectivity index (χ3n) is 5.64. The van der Waals surface area contributed by atoms with Crippen LogP contribution in [0.4, 0.5) is 5.69 Å². The third kappa shape index (κ3) is 6.37. The number of amides is 2. The second kappa shape index (κ2) is 12.3. The van der Waals surface area contributed by atoms with Gasteiger partial charge < -0.3 is 10.2 Å². The number of halogens is 2. The molecular formula is C26H27Cl2N3O4S. The van der Waals surface area contributed by atoms with Crippen molar-refractivity contribution in [2.45, 2.75) is 30.8 Å². The Kier molecular flexibility index (Phi) is 9.37. The Morgan fingerprint density at radius 1 is 0.944 bits per heavy atom. The smallest absolute Gasteiger partial charge is 0.264 e. The zero-order chi connectivity index (χ0) is 26.3. The fraction of sp³-hybridized carbons (Fsp3) is 0.231. The van der Waals surface area contributed by atoms with Crippen LogP contribution < -0.4 is 9.62 Å². The van der Waals surface area contributed by atoms with E-state index in [2.05, 4.69) is 5.32 Å². The molecule has 0 saturated heterocycles. The number of likely N-dealkylation sites (N-methyl/N-ethyl adjacent to an activating group) is 1. The van der Waals surface area contributed by atoms with Crippen molar-refractivity contribution >= 4 is 50.7 Å². The fourth-order valence-electron chi connectivity index (χ4n) is 3.76. The van der Waals surface area contributed by atoms with Crippen LogP contribution in [0.15, 0.2) is 83.8 Å². The van der Waals surface area contributed by atoms with E-state index >= 15 is 0 Å². The number of hydrogen-bond acceptors (Lipinski definition) is 4. The van der Waals surface area contributed by atoms with E-state index in [1.807, 2.05) is 0 Å². The molecule has 0 aliphatic heterocycles. The highest BCUT2D eigenvalue weighted by molar-refractivity contribution is 7.92. The summed E-state index contributed by atoms with van der Waals surface area (Å²) in [6, 6.07) is 20.3. The summed E-state index contributed by atoms with van der Waals surface area (Å²) < 4.78 is 28.3. The first kappa shape index (κ1) is 27.5. The second-order valence-electron chi connectivity index (χ2n) is 7.96. The normalized spacial score (nSPS) is 12.0. The predicted octanol–water partition coefficient (Wildman–Crippen LogP) is 4.74. The molecule has 3 aromatic rings. The number of carbonyl (C=O) groups excluding carboxylic acids is 2. The molecule has 0 aliphatic rings. The van der Waals surface area contributed by atoms with Gasteiger partial charge in [0.2, 0.25) is 11.8 Å². The quantitative estimate of drug-likeness (QED) is 0.397. The molecule has 1 atom stereocenters. The lowest BCUT2D eigenvalue weighted by Crippen LogP contribution is -2.51. The van der Waals surface area contributed by atoms with Gasteiger partial charge in [-0.1, -0.05) is 72.6 Å². The lowest BCUT2D eigenvalue weighted by atomic mass is 10.1. The Morgan fingerprint density at radius 3 is 2.11 bits per heavy atom. The van der Waals surface area contributed by atoms with Crippen LogP contribution in [0, 0.1) is 0 Å². The molecule has 0 aliphatic carbocycles. The van der Waals surface area contributed by atoms with Gasteiger partial charge in [-0.25, -0.2) is 8.42 Å². The Morgan fingerprint density at radius 2 is 1.56 bits per heavy atom. The van der Waals surface area contributed by atoms with Crippen LogP contribution in [0.1, 0.15) is 18.9 Å². The predicted molar refractivity (Wildman–Crippen MR) is 143 cm³/mol. The van der Waals surface area contributed by atoms with Crippen molar-refractivity contribution in [3.63, 3.8) is 0 Å². The van der Waals surface area contributed by atoms with Gasteiger partial charge in [-0.3, -0.25) is 13.9 Å². The van der Waals surface area contributed by atoms with Crippen molar-refractivity contribution in [2.24, 2.45) is 0 Å². The van der Waals surface area contributed by atoms with E-state index in [9.17, 15) is 18.0 Å². The molecular weight excluding hydrogens is 521 g/mol. The summed E-state index contributed by atoms with van der Waals surface area (Å²) in [5, 5.41) is 3.35. The fourth-order valence-corrected chi connectivity index (χ4v) is 5.67. The van der Waals surface area contributed by atoms with Gasteiger partial charge in [0.1, 0.15) is 12.6 Å². The van der Waals surface area contributed by atoms with Gasteiger partial charge >= 0.3 is 0 Å². The number of hydrogen-bond donors (Lipinski definition) is 1. The molecule has 0 unspecified atom stereocenters. The zero-order valence-electron chi connectivity index (χ0n) is 19.9. The van der Waals surface area contributed by atoms with Crippen molar-refractivity contribution in [2.75, 3.05) is 17.9 Å². The van der Waals surface area contributed by atoms with Crippen LogP contribution in [0.25, 0.3) is 0 Å². The Labute approximate surface area is 221 Å². The number of carbonyl (C=O) groups is 2. The van der Waals surface area contributed by atoms with Crippen LogP contribution in [0.5, 0.6) is 0 Å². The first-order valence-electron chi connectivity index (χ1n) is 11.3. The maximum absolute atomic E-state index is 13.8. The van der Waals surface area contributed by atoms with Gasteiger partial charge in [-0.15, -0.1) is 0 Å². The van der Waals surface area contributed by atoms with Gasteiger partial charge in [0.05, 0.1) is 10.6 Å². The maximum atomic E-state index is 13.8. The SMILES string of the molecule is CC[C@@H](C(=O)NC)N(Cc1ccc(Cl)cc1Cl)C(=O)CN(c1ccccc1)S(=O)(=O)c1ccccc1. The summed E-state index contributed by atoms with van der Waals surface area (Å²) in [5.41, 5.74) is 0.904. The molecule has 0 aromatic heterocycles. The average molecular weight is 548 g/mol. The number of sulfonamides is 1. The molecule has 10 heteroatoms. The zero-order valence-corrected chi connectivity index (χ0v) is 22.2. The molecule has 0 radical (unpaired) electrons. The second-order valence-corrected chi connectivity index (χ2v) is 10.7. The molecule has 36 heavy (non-hydrogen) atoms. The summed E-state index contributed by atoms with van der Waals surface area (Å²) in [6.07, 6.45) is 0.313. The molecule has 7 nitrogen and oxygen atoms in total. The van der Waals surface area contributed by atoms with Crippen LogP contribution in [0.2, 0.25) is 10.0 Å². The molecule has 0 heterocycles. The van der Waals surface area contributed by atoms with E-state index in [0.29, 0.717) is 27.7 Å². The highest BCUT2D eigenvalue weighted by atomic mass is 35.5. The summed E-state index contributed by atoms with van der Waals surface area (Å²) in [5.74, 6) is -0.923. The lowest BCUT2D eigenvalue weighted by molar-refractivity contribution is -0.140. The minimum absolute atomic E-state index is 0.00518. The van der Waals surface area contributed by atoms with Gasteiger partial charge in [0.15, 0.2) is 0 Å². The molecule has 0 fully saturated rings. The van der Waals surface area contributed by atoms with Crippen molar-refractivity contribution < 1.29 is 18.0 Å². The number of benzene rings is 3. The number of nitrogens with zero attached hydrogens (tertiary/aromatic N) is 2. The molecule has 3 rings (SSSR count). The van der Waals surface area contributed by atoms with Gasteiger partial charge in [0.25, 0.3) is 10.0 Å². The van der Waals surface area contributed by atoms with E-state index < -0.39 is 28.5 Å². The molecule has 1 N–H and O–H groups in total. The monoisotopic (exact) mass is 547 g/mol. The maximum Gasteiger partial charge on any atom is 0.264 e. The number of para-hydroxylation sites is 1. The van der Waals surface area contributed by atoms with Crippen molar-refractivity contribution in [3.8, 4) is 0 Å². The lowest BCUT2D eigenvalue weighted by Gasteiger charge is -2.33. The molecule has 190 valence electrons. The summed E-state index contributed by atoms with van der Waals surface area (Å²) in [7, 11) is -2.60. The van der Waals surface area contributed by atoms with Crippen LogP contribution in [-0.2, 0) is 26.2 Å². The van der Waals surface area contributed by atoms with Crippen LogP contribution >= 0.6 is 23.2 Å². The van der Waals surface area contributed by atoms with Crippen molar-refractivity contribution in [1.82, 2.24) is 10.2 Å². The molecule has 3 aromatic carbocycles. The largest absolute Gasteiger partial charge is 0.357 e. The average Bonchev–Trinajstić information content (AvgIpc) is 2.88. The van der Waals surface area contributed by atoms with E-state index in [1.54, 1.807) is 73.7 Å². The minimum atomic E-state index is -4.09. The van der Waals surface area contributed by atoms with E-state index in [1.165, 1.54) is 24.1 Å². The Balaban J connectivity index is 2.04. The van der Waals surface area contributed by atoms with Crippen LogP contribution in [-0.4, -0.2) is 44.8 Å². The van der Waals surface area contributed by atoms with E-state index in [4.69, 9.17) is 23.2 Å². The van der Waals surface area contributed by atoms with E-state index in [-0.39, 0.29) is 17.3 Å². The standard InChI is InChI=1S/C26H27Cl2N3O4S/c1-3-24(26(33)29-2)30(17-19-14-15-20(27)16-23(19)28)25(32)18-31(21-10-6-4-7-11-21)36(34,35)22-12-8-5-9-13-22/h4-16,24H,3,17-18H2,1-2H3,(H,29,33)/t24-/m0/s1. The number of rotatable bonds is 10.